The second kappa shape index (κ2) is 33.1. The number of aryl methyl sites for hydroxylation is 2. The number of hydrogen-bond acceptors (Lipinski definition) is 13. The van der Waals surface area contributed by atoms with E-state index >= 15 is 0 Å². The zero-order valence-electron chi connectivity index (χ0n) is 52.0. The molecule has 1 fully saturated rings. The van der Waals surface area contributed by atoms with Gasteiger partial charge in [-0.05, 0) is 165 Å². The fraction of sp³-hybridized carbons (Fsp3) is 0.406. The van der Waals surface area contributed by atoms with E-state index in [2.05, 4.69) is 167 Å². The quantitative estimate of drug-likeness (QED) is 0.0224. The molecule has 0 N–H and O–H groups in total. The average Bonchev–Trinajstić information content (AvgIpc) is 3.78. The molecule has 0 amide bonds. The van der Waals surface area contributed by atoms with Crippen LogP contribution in [0.3, 0.4) is 0 Å². The number of hydrogen-bond donors (Lipinski definition) is 0. The van der Waals surface area contributed by atoms with Crippen molar-refractivity contribution in [3.8, 4) is 32.6 Å². The first-order chi connectivity index (χ1) is 39.9. The highest BCUT2D eigenvalue weighted by molar-refractivity contribution is 7.53. The van der Waals surface area contributed by atoms with Crippen LogP contribution < -0.4 is 9.47 Å². The average molecular weight is 1250 g/mol. The van der Waals surface area contributed by atoms with Gasteiger partial charge in [-0.3, -0.25) is 9.36 Å². The van der Waals surface area contributed by atoms with Crippen LogP contribution in [-0.2, 0) is 33.4 Å². The molecule has 1 saturated heterocycles. The Morgan fingerprint density at radius 1 is 0.553 bits per heavy atom. The summed E-state index contributed by atoms with van der Waals surface area (Å²) in [5.41, 5.74) is 10.7. The number of carbonyl (C=O) groups is 1. The fourth-order valence-electron chi connectivity index (χ4n) is 7.91. The van der Waals surface area contributed by atoms with Gasteiger partial charge in [0.25, 0.3) is 0 Å². The molecule has 458 valence electrons. The van der Waals surface area contributed by atoms with E-state index in [0.29, 0.717) is 45.2 Å². The third-order valence-corrected chi connectivity index (χ3v) is 28.2. The zero-order chi connectivity index (χ0) is 61.0. The first-order valence-electron chi connectivity index (χ1n) is 29.2. The Balaban J connectivity index is 0.000000231. The first-order valence-corrected chi connectivity index (χ1v) is 38.3. The third-order valence-electron chi connectivity index (χ3n) is 14.9. The number of carbonyl (C=O) groups excluding carboxylic acids is 1. The van der Waals surface area contributed by atoms with Crippen LogP contribution in [0.2, 0.25) is 36.3 Å². The molecule has 2 aromatic heterocycles. The lowest BCUT2D eigenvalue weighted by Gasteiger charge is -2.36. The number of ether oxygens (including phenoxy) is 3. The number of fused-ring (bicyclic) bond motifs is 2. The van der Waals surface area contributed by atoms with Crippen LogP contribution in [0.5, 0.6) is 11.5 Å². The van der Waals surface area contributed by atoms with Crippen LogP contribution in [0.15, 0.2) is 133 Å². The van der Waals surface area contributed by atoms with Gasteiger partial charge >= 0.3 is 7.60 Å². The lowest BCUT2D eigenvalue weighted by molar-refractivity contribution is 0.112. The van der Waals surface area contributed by atoms with E-state index in [1.165, 1.54) is 33.4 Å². The van der Waals surface area contributed by atoms with Crippen molar-refractivity contribution < 1.29 is 41.5 Å². The van der Waals surface area contributed by atoms with Crippen molar-refractivity contribution in [3.05, 3.63) is 167 Å². The maximum atomic E-state index is 12.6. The standard InChI is InChI=1S/C30H35NO2SSi.C19H22NO3PS.C15H24O3Si.C4H8O.CH4/c1-22-7-18-27-28(21-22)34-29(31-27)25-14-10-23(11-15-25)8-9-24-12-16-26(17-13-24)32-19-20-33-35(5,6)30(2,3)4;1-4-22-24(21,23-5-2)13-15-7-9-16(10-8-15)19-20-17-11-6-14(3)12-18(17)25-19;1-15(2,3)19(4,5)18-11-10-17-14-8-6-13(12-16)7-9-14;1-2-4-5-3-1;/h7-18,21H,19-20H2,1-6H3;6-12H,4-5,13H2,1-3H3;6-9,12H,10-11H2,1-5H3;1-4H2;1H4/b9-8+;;;;. The molecule has 0 saturated carbocycles. The lowest BCUT2D eigenvalue weighted by atomic mass is 10.1. The van der Waals surface area contributed by atoms with E-state index in [4.69, 9.17) is 42.1 Å². The van der Waals surface area contributed by atoms with E-state index < -0.39 is 24.2 Å². The number of rotatable bonds is 21. The summed E-state index contributed by atoms with van der Waals surface area (Å²) in [7, 11) is -6.47. The Labute approximate surface area is 518 Å². The summed E-state index contributed by atoms with van der Waals surface area (Å²) in [4.78, 5) is 20.0. The van der Waals surface area contributed by atoms with Gasteiger partial charge in [0, 0.05) is 29.9 Å². The van der Waals surface area contributed by atoms with Crippen LogP contribution in [0.1, 0.15) is 114 Å². The molecule has 1 aliphatic heterocycles. The van der Waals surface area contributed by atoms with Crippen LogP contribution in [0, 0.1) is 13.8 Å². The molecule has 0 spiro atoms. The SMILES string of the molecule is C.C1CCOC1.CC(C)(C)[Si](C)(C)OCCOc1ccc(C=O)cc1.CCOP(=O)(Cc1ccc(-c2nc3ccc(C)cc3s2)cc1)OCC.Cc1ccc2nc(-c3ccc(/C=C/c4ccc(OCCO[Si](C)(C)C(C)(C)C)cc4)cc3)sc2c1. The first kappa shape index (κ1) is 70.3. The molecule has 16 heteroatoms. The Morgan fingerprint density at radius 3 is 1.31 bits per heavy atom. The molecule has 1 aliphatic rings. The number of aldehydes is 1. The lowest BCUT2D eigenvalue weighted by Crippen LogP contribution is -2.41. The monoisotopic (exact) mass is 1240 g/mol. The summed E-state index contributed by atoms with van der Waals surface area (Å²) in [6, 6.07) is 44.5. The van der Waals surface area contributed by atoms with Gasteiger partial charge in [0.05, 0.1) is 53.0 Å². The van der Waals surface area contributed by atoms with Gasteiger partial charge in [-0.1, -0.05) is 134 Å². The van der Waals surface area contributed by atoms with Crippen molar-refractivity contribution >= 4 is 85.8 Å². The molecule has 0 radical (unpaired) electrons. The molecule has 0 aliphatic carbocycles. The highest BCUT2D eigenvalue weighted by Gasteiger charge is 2.38. The minimum absolute atomic E-state index is 0. The van der Waals surface area contributed by atoms with Crippen molar-refractivity contribution in [2.75, 3.05) is 52.9 Å². The van der Waals surface area contributed by atoms with Gasteiger partial charge < -0.3 is 32.1 Å². The Hall–Kier alpha value is -5.43. The number of nitrogens with zero attached hydrogens (tertiary/aromatic N) is 2. The Bertz CT molecular complexity index is 3350. The molecule has 11 nitrogen and oxygen atoms in total. The summed E-state index contributed by atoms with van der Waals surface area (Å²) < 4.78 is 54.4. The Morgan fingerprint density at radius 2 is 0.941 bits per heavy atom. The van der Waals surface area contributed by atoms with Crippen molar-refractivity contribution in [2.24, 2.45) is 0 Å². The van der Waals surface area contributed by atoms with Crippen molar-refractivity contribution in [1.82, 2.24) is 9.97 Å². The molecular formula is C69H93N2O9PS2Si2. The van der Waals surface area contributed by atoms with Gasteiger partial charge in [-0.2, -0.15) is 0 Å². The number of benzene rings is 6. The zero-order valence-corrected chi connectivity index (χ0v) is 56.6. The largest absolute Gasteiger partial charge is 0.491 e. The fourth-order valence-corrected chi connectivity index (χ4v) is 13.8. The third kappa shape index (κ3) is 22.4. The molecule has 85 heavy (non-hydrogen) atoms. The van der Waals surface area contributed by atoms with E-state index in [0.717, 1.165) is 79.9 Å². The number of aromatic nitrogens is 2. The molecule has 3 heterocycles. The smallest absolute Gasteiger partial charge is 0.335 e. The van der Waals surface area contributed by atoms with Gasteiger partial charge in [-0.15, -0.1) is 22.7 Å². The van der Waals surface area contributed by atoms with Gasteiger partial charge in [0.2, 0.25) is 0 Å². The topological polar surface area (TPSA) is 125 Å². The summed E-state index contributed by atoms with van der Waals surface area (Å²) >= 11 is 3.43. The molecule has 8 aromatic rings. The highest BCUT2D eigenvalue weighted by atomic mass is 32.1. The molecular weight excluding hydrogens is 1150 g/mol. The van der Waals surface area contributed by atoms with Crippen LogP contribution in [0.4, 0.5) is 0 Å². The predicted molar refractivity (Wildman–Crippen MR) is 365 cm³/mol. The predicted octanol–water partition coefficient (Wildman–Crippen LogP) is 20.2. The van der Waals surface area contributed by atoms with Crippen LogP contribution in [-0.4, -0.2) is 85.7 Å². The van der Waals surface area contributed by atoms with Crippen molar-refractivity contribution in [2.45, 2.75) is 132 Å². The van der Waals surface area contributed by atoms with Crippen LogP contribution >= 0.6 is 30.3 Å². The minimum atomic E-state index is -3.07. The van der Waals surface area contributed by atoms with Crippen molar-refractivity contribution in [3.63, 3.8) is 0 Å². The normalized spacial score (nSPS) is 12.8. The summed E-state index contributed by atoms with van der Waals surface area (Å²) in [6.07, 6.45) is 7.92. The summed E-state index contributed by atoms with van der Waals surface area (Å²) in [5, 5.41) is 2.49. The maximum Gasteiger partial charge on any atom is 0.335 e. The van der Waals surface area contributed by atoms with E-state index in [-0.39, 0.29) is 23.7 Å². The Kier molecular flexibility index (Phi) is 27.4. The minimum Gasteiger partial charge on any atom is -0.491 e. The van der Waals surface area contributed by atoms with E-state index in [1.807, 2.05) is 50.2 Å². The van der Waals surface area contributed by atoms with Gasteiger partial charge in [0.15, 0.2) is 16.6 Å². The summed E-state index contributed by atoms with van der Waals surface area (Å²) in [6.45, 7) is 35.4. The highest BCUT2D eigenvalue weighted by Crippen LogP contribution is 2.51. The van der Waals surface area contributed by atoms with Crippen LogP contribution in [0.25, 0.3) is 53.7 Å². The van der Waals surface area contributed by atoms with Gasteiger partial charge in [-0.25, -0.2) is 9.97 Å². The van der Waals surface area contributed by atoms with E-state index in [1.54, 1.807) is 46.9 Å². The second-order valence-corrected chi connectivity index (χ2v) is 37.5. The molecule has 6 aromatic carbocycles. The molecule has 0 unspecified atom stereocenters. The van der Waals surface area contributed by atoms with Crippen molar-refractivity contribution in [1.29, 1.82) is 0 Å². The molecule has 0 atom stereocenters. The maximum absolute atomic E-state index is 12.6. The van der Waals surface area contributed by atoms with E-state index in [9.17, 15) is 9.36 Å². The number of thiazole rings is 2. The second-order valence-electron chi connectivity index (χ2n) is 23.7. The molecule has 0 bridgehead atoms. The molecule has 9 rings (SSSR count). The van der Waals surface area contributed by atoms with Gasteiger partial charge in [0.1, 0.15) is 41.0 Å². The summed E-state index contributed by atoms with van der Waals surface area (Å²) in [5.74, 6) is 1.64.